The van der Waals surface area contributed by atoms with Crippen LogP contribution in [0.5, 0.6) is 0 Å². The van der Waals surface area contributed by atoms with Crippen LogP contribution >= 0.6 is 15.9 Å². The van der Waals surface area contributed by atoms with Crippen molar-refractivity contribution in [2.45, 2.75) is 13.3 Å². The molecule has 0 saturated heterocycles. The van der Waals surface area contributed by atoms with Crippen molar-refractivity contribution in [3.63, 3.8) is 0 Å². The van der Waals surface area contributed by atoms with Crippen molar-refractivity contribution in [1.82, 2.24) is 9.97 Å². The zero-order chi connectivity index (χ0) is 14.8. The van der Waals surface area contributed by atoms with E-state index >= 15 is 0 Å². The van der Waals surface area contributed by atoms with Gasteiger partial charge in [-0.15, -0.1) is 0 Å². The number of aromatic nitrogens is 2. The minimum Gasteiger partial charge on any atom is -0.373 e. The molecule has 3 aromatic rings. The fourth-order valence-electron chi connectivity index (χ4n) is 2.31. The molecular formula is C17H16BrN3. The monoisotopic (exact) mass is 341 g/mol. The first kappa shape index (κ1) is 14.0. The smallest absolute Gasteiger partial charge is 0.162 e. The Morgan fingerprint density at radius 1 is 1.05 bits per heavy atom. The van der Waals surface area contributed by atoms with Crippen molar-refractivity contribution in [3.05, 3.63) is 52.5 Å². The van der Waals surface area contributed by atoms with E-state index in [0.29, 0.717) is 0 Å². The Bertz CT molecular complexity index is 782. The second-order valence-electron chi connectivity index (χ2n) is 4.86. The molecule has 0 aliphatic carbocycles. The Hall–Kier alpha value is -1.94. The van der Waals surface area contributed by atoms with E-state index < -0.39 is 0 Å². The van der Waals surface area contributed by atoms with Crippen LogP contribution in [0, 0.1) is 0 Å². The van der Waals surface area contributed by atoms with Crippen LogP contribution < -0.4 is 5.32 Å². The molecule has 21 heavy (non-hydrogen) atoms. The molecule has 1 N–H and O–H groups in total. The molecule has 3 rings (SSSR count). The Morgan fingerprint density at radius 3 is 2.48 bits per heavy atom. The molecule has 0 saturated carbocycles. The van der Waals surface area contributed by atoms with Gasteiger partial charge in [0.25, 0.3) is 0 Å². The fraction of sp³-hybridized carbons (Fsp3) is 0.176. The fourth-order valence-corrected chi connectivity index (χ4v) is 2.67. The van der Waals surface area contributed by atoms with Gasteiger partial charge in [-0.25, -0.2) is 9.97 Å². The summed E-state index contributed by atoms with van der Waals surface area (Å²) in [5, 5.41) is 4.17. The lowest BCUT2D eigenvalue weighted by Crippen LogP contribution is -1.98. The topological polar surface area (TPSA) is 37.8 Å². The number of nitrogens with zero attached hydrogens (tertiary/aromatic N) is 2. The van der Waals surface area contributed by atoms with Crippen LogP contribution in [0.15, 0.2) is 46.9 Å². The van der Waals surface area contributed by atoms with Gasteiger partial charge in [0.2, 0.25) is 0 Å². The summed E-state index contributed by atoms with van der Waals surface area (Å²) in [4.78, 5) is 9.32. The first-order valence-electron chi connectivity index (χ1n) is 6.95. The van der Waals surface area contributed by atoms with E-state index in [4.69, 9.17) is 0 Å². The summed E-state index contributed by atoms with van der Waals surface area (Å²) in [6.45, 7) is 2.15. The average Bonchev–Trinajstić information content (AvgIpc) is 2.54. The molecule has 0 aliphatic rings. The molecule has 3 nitrogen and oxygen atoms in total. The van der Waals surface area contributed by atoms with E-state index in [1.807, 2.05) is 25.2 Å². The molecule has 2 aromatic carbocycles. The van der Waals surface area contributed by atoms with Crippen molar-refractivity contribution in [2.75, 3.05) is 12.4 Å². The molecule has 1 aromatic heterocycles. The van der Waals surface area contributed by atoms with Crippen molar-refractivity contribution in [3.8, 4) is 11.4 Å². The molecule has 1 heterocycles. The maximum Gasteiger partial charge on any atom is 0.162 e. The molecule has 106 valence electrons. The maximum absolute atomic E-state index is 4.68. The highest BCUT2D eigenvalue weighted by Crippen LogP contribution is 2.27. The number of anilines is 1. The molecule has 0 unspecified atom stereocenters. The predicted octanol–water partition coefficient (Wildman–Crippen LogP) is 4.66. The second kappa shape index (κ2) is 5.82. The summed E-state index contributed by atoms with van der Waals surface area (Å²) in [6, 6.07) is 14.5. The average molecular weight is 342 g/mol. The Morgan fingerprint density at radius 2 is 1.81 bits per heavy atom. The number of nitrogens with one attached hydrogen (secondary N) is 1. The first-order chi connectivity index (χ1) is 10.2. The number of benzene rings is 2. The molecule has 0 aliphatic heterocycles. The van der Waals surface area contributed by atoms with Gasteiger partial charge in [-0.2, -0.15) is 0 Å². The van der Waals surface area contributed by atoms with Crippen molar-refractivity contribution < 1.29 is 0 Å². The third-order valence-electron chi connectivity index (χ3n) is 3.51. The van der Waals surface area contributed by atoms with Crippen LogP contribution in [0.4, 0.5) is 5.82 Å². The van der Waals surface area contributed by atoms with E-state index in [0.717, 1.165) is 39.0 Å². The van der Waals surface area contributed by atoms with Crippen LogP contribution in [0.3, 0.4) is 0 Å². The van der Waals surface area contributed by atoms with E-state index in [1.165, 1.54) is 5.56 Å². The van der Waals surface area contributed by atoms with Crippen molar-refractivity contribution in [2.24, 2.45) is 0 Å². The summed E-state index contributed by atoms with van der Waals surface area (Å²) in [6.07, 6.45) is 1.04. The van der Waals surface area contributed by atoms with Gasteiger partial charge in [0.15, 0.2) is 5.82 Å². The van der Waals surface area contributed by atoms with Gasteiger partial charge < -0.3 is 5.32 Å². The lowest BCUT2D eigenvalue weighted by atomic mass is 10.1. The van der Waals surface area contributed by atoms with E-state index in [-0.39, 0.29) is 0 Å². The SMILES string of the molecule is CCc1ccc(-c2nc(NC)c3cc(Br)ccc3n2)cc1. The molecule has 0 spiro atoms. The van der Waals surface area contributed by atoms with Crippen LogP contribution in [-0.2, 0) is 6.42 Å². The molecule has 4 heteroatoms. The van der Waals surface area contributed by atoms with Crippen LogP contribution in [-0.4, -0.2) is 17.0 Å². The van der Waals surface area contributed by atoms with Crippen LogP contribution in [0.2, 0.25) is 0 Å². The lowest BCUT2D eigenvalue weighted by molar-refractivity contribution is 1.14. The third-order valence-corrected chi connectivity index (χ3v) is 4.01. The number of fused-ring (bicyclic) bond motifs is 1. The highest BCUT2D eigenvalue weighted by Gasteiger charge is 2.09. The lowest BCUT2D eigenvalue weighted by Gasteiger charge is -2.09. The summed E-state index contributed by atoms with van der Waals surface area (Å²) in [5.41, 5.74) is 3.29. The van der Waals surface area contributed by atoms with E-state index in [1.54, 1.807) is 0 Å². The van der Waals surface area contributed by atoms with Gasteiger partial charge in [0.1, 0.15) is 5.82 Å². The highest BCUT2D eigenvalue weighted by atomic mass is 79.9. The summed E-state index contributed by atoms with van der Waals surface area (Å²) >= 11 is 3.49. The number of rotatable bonds is 3. The summed E-state index contributed by atoms with van der Waals surface area (Å²) in [5.74, 6) is 1.59. The Labute approximate surface area is 132 Å². The zero-order valence-electron chi connectivity index (χ0n) is 12.0. The van der Waals surface area contributed by atoms with E-state index in [2.05, 4.69) is 62.4 Å². The first-order valence-corrected chi connectivity index (χ1v) is 7.75. The van der Waals surface area contributed by atoms with Gasteiger partial charge in [-0.1, -0.05) is 47.1 Å². The normalized spacial score (nSPS) is 10.8. The van der Waals surface area contributed by atoms with Gasteiger partial charge in [0, 0.05) is 22.5 Å². The van der Waals surface area contributed by atoms with Gasteiger partial charge in [-0.3, -0.25) is 0 Å². The summed E-state index contributed by atoms with van der Waals surface area (Å²) < 4.78 is 1.02. The number of hydrogen-bond acceptors (Lipinski definition) is 3. The minimum atomic E-state index is 0.747. The molecule has 0 fully saturated rings. The minimum absolute atomic E-state index is 0.747. The third kappa shape index (κ3) is 2.76. The van der Waals surface area contributed by atoms with Crippen LogP contribution in [0.25, 0.3) is 22.3 Å². The van der Waals surface area contributed by atoms with Crippen LogP contribution in [0.1, 0.15) is 12.5 Å². The summed E-state index contributed by atoms with van der Waals surface area (Å²) in [7, 11) is 1.88. The molecule has 0 bridgehead atoms. The Balaban J connectivity index is 2.16. The van der Waals surface area contributed by atoms with E-state index in [9.17, 15) is 0 Å². The van der Waals surface area contributed by atoms with Gasteiger partial charge in [-0.05, 0) is 30.2 Å². The number of aryl methyl sites for hydroxylation is 1. The maximum atomic E-state index is 4.68. The van der Waals surface area contributed by atoms with Gasteiger partial charge >= 0.3 is 0 Å². The molecule has 0 radical (unpaired) electrons. The predicted molar refractivity (Wildman–Crippen MR) is 91.6 cm³/mol. The highest BCUT2D eigenvalue weighted by molar-refractivity contribution is 9.10. The second-order valence-corrected chi connectivity index (χ2v) is 5.77. The molecule has 0 amide bonds. The molecular weight excluding hydrogens is 326 g/mol. The number of halogens is 1. The van der Waals surface area contributed by atoms with Crippen molar-refractivity contribution in [1.29, 1.82) is 0 Å². The largest absolute Gasteiger partial charge is 0.373 e. The zero-order valence-corrected chi connectivity index (χ0v) is 13.6. The standard InChI is InChI=1S/C17H16BrN3/c1-3-11-4-6-12(7-5-11)16-20-15-9-8-13(18)10-14(15)17(19-2)21-16/h4-10H,3H2,1-2H3,(H,19,20,21). The van der Waals surface area contributed by atoms with Crippen molar-refractivity contribution >= 4 is 32.7 Å². The molecule has 0 atom stereocenters. The Kier molecular flexibility index (Phi) is 3.88. The number of hydrogen-bond donors (Lipinski definition) is 1. The van der Waals surface area contributed by atoms with Gasteiger partial charge in [0.05, 0.1) is 5.52 Å². The quantitative estimate of drug-likeness (QED) is 0.752.